The van der Waals surface area contributed by atoms with Crippen molar-refractivity contribution in [2.45, 2.75) is 44.1 Å². The zero-order valence-corrected chi connectivity index (χ0v) is 23.9. The fourth-order valence-electron chi connectivity index (χ4n) is 7.51. The Labute approximate surface area is 249 Å². The number of imide groups is 1. The molecule has 8 rings (SSSR count). The lowest BCUT2D eigenvalue weighted by molar-refractivity contribution is -0.160. The van der Waals surface area contributed by atoms with E-state index in [1.54, 1.807) is 6.07 Å². The summed E-state index contributed by atoms with van der Waals surface area (Å²) in [4.78, 5) is 56.0. The van der Waals surface area contributed by atoms with Crippen LogP contribution in [0.25, 0.3) is 10.8 Å². The summed E-state index contributed by atoms with van der Waals surface area (Å²) in [6, 6.07) is 28.3. The number of rotatable bonds is 8. The molecule has 0 spiro atoms. The lowest BCUT2D eigenvalue weighted by Crippen LogP contribution is -2.47. The van der Waals surface area contributed by atoms with E-state index in [9.17, 15) is 19.2 Å². The number of benzene rings is 4. The minimum atomic E-state index is -1.08. The summed E-state index contributed by atoms with van der Waals surface area (Å²) in [6.07, 6.45) is 1.69. The largest absolute Gasteiger partial charge is 0.454 e. The van der Waals surface area contributed by atoms with Crippen LogP contribution in [0.5, 0.6) is 0 Å². The smallest absolute Gasteiger partial charge is 0.329 e. The van der Waals surface area contributed by atoms with Crippen LogP contribution in [-0.4, -0.2) is 41.2 Å². The third-order valence-electron chi connectivity index (χ3n) is 9.31. The topological polar surface area (TPSA) is 92.8 Å². The lowest BCUT2D eigenvalue weighted by atomic mass is 9.55. The molecule has 1 heterocycles. The predicted octanol–water partition coefficient (Wildman–Crippen LogP) is 5.77. The molecule has 216 valence electrons. The van der Waals surface area contributed by atoms with E-state index in [4.69, 9.17) is 4.74 Å². The van der Waals surface area contributed by atoms with E-state index in [0.29, 0.717) is 12.1 Å². The minimum absolute atomic E-state index is 0.252. The highest BCUT2D eigenvalue weighted by Crippen LogP contribution is 2.61. The Bertz CT molecular complexity index is 1660. The fourth-order valence-corrected chi connectivity index (χ4v) is 7.51. The van der Waals surface area contributed by atoms with Crippen LogP contribution < -0.4 is 5.32 Å². The SMILES string of the molecule is CCCC[C@H](C(=O)OCC(=O)Nc1cccc2ccccc12)N1C(=O)[C@@H]2C3c4ccccc4C(c4ccccc43)[C@H]2C1=O. The third-order valence-corrected chi connectivity index (χ3v) is 9.31. The maximum Gasteiger partial charge on any atom is 0.329 e. The van der Waals surface area contributed by atoms with Crippen LogP contribution in [0.3, 0.4) is 0 Å². The number of unbranched alkanes of at least 4 members (excludes halogenated alkanes) is 1. The number of amides is 3. The highest BCUT2D eigenvalue weighted by Gasteiger charge is 2.63. The second-order valence-electron chi connectivity index (χ2n) is 11.7. The van der Waals surface area contributed by atoms with Gasteiger partial charge in [0.1, 0.15) is 6.04 Å². The first-order valence-electron chi connectivity index (χ1n) is 15.0. The van der Waals surface area contributed by atoms with Crippen LogP contribution in [0, 0.1) is 11.8 Å². The van der Waals surface area contributed by atoms with Crippen molar-refractivity contribution in [3.63, 3.8) is 0 Å². The number of anilines is 1. The van der Waals surface area contributed by atoms with Crippen molar-refractivity contribution < 1.29 is 23.9 Å². The standard InChI is InChI=1S/C36H32N2O5/c1-2-3-19-28(36(42)43-20-29(39)37-27-18-10-12-21-11-4-5-13-22(21)27)38-34(40)32-30-23-14-6-7-15-24(23)31(33(32)35(38)41)26-17-9-8-16-25(26)30/h4-18,28,30-33H,2-3,19-20H2,1H3,(H,37,39)/t28-,30?,31?,32-,33-/m1/s1. The molecule has 0 saturated carbocycles. The van der Waals surface area contributed by atoms with Gasteiger partial charge >= 0.3 is 5.97 Å². The molecule has 0 unspecified atom stereocenters. The number of hydrogen-bond acceptors (Lipinski definition) is 5. The molecular weight excluding hydrogens is 540 g/mol. The van der Waals surface area contributed by atoms with Crippen LogP contribution >= 0.6 is 0 Å². The Kier molecular flexibility index (Phi) is 6.80. The second-order valence-corrected chi connectivity index (χ2v) is 11.7. The third kappa shape index (κ3) is 4.33. The molecule has 3 aliphatic carbocycles. The number of esters is 1. The van der Waals surface area contributed by atoms with E-state index in [-0.39, 0.29) is 30.1 Å². The van der Waals surface area contributed by atoms with Gasteiger partial charge in [0, 0.05) is 22.9 Å². The van der Waals surface area contributed by atoms with Gasteiger partial charge in [0.25, 0.3) is 5.91 Å². The molecule has 1 saturated heterocycles. The van der Waals surface area contributed by atoms with E-state index in [1.807, 2.05) is 67.6 Å². The van der Waals surface area contributed by atoms with Crippen molar-refractivity contribution in [2.24, 2.45) is 11.8 Å². The maximum atomic E-state index is 14.2. The van der Waals surface area contributed by atoms with Crippen molar-refractivity contribution in [1.29, 1.82) is 0 Å². The average Bonchev–Trinajstić information content (AvgIpc) is 3.30. The number of hydrogen-bond donors (Lipinski definition) is 1. The van der Waals surface area contributed by atoms with Gasteiger partial charge in [0.2, 0.25) is 11.8 Å². The van der Waals surface area contributed by atoms with E-state index in [1.165, 1.54) is 4.90 Å². The lowest BCUT2D eigenvalue weighted by Gasteiger charge is -2.45. The number of nitrogens with one attached hydrogen (secondary N) is 1. The molecule has 4 aromatic carbocycles. The Morgan fingerprint density at radius 2 is 1.30 bits per heavy atom. The Hall–Kier alpha value is -4.78. The zero-order valence-electron chi connectivity index (χ0n) is 23.9. The van der Waals surface area contributed by atoms with Gasteiger partial charge in [-0.25, -0.2) is 4.79 Å². The van der Waals surface area contributed by atoms with E-state index >= 15 is 0 Å². The van der Waals surface area contributed by atoms with Gasteiger partial charge in [-0.05, 0) is 40.1 Å². The minimum Gasteiger partial charge on any atom is -0.454 e. The molecule has 1 aliphatic heterocycles. The molecule has 4 aromatic rings. The first kappa shape index (κ1) is 27.1. The van der Waals surface area contributed by atoms with Crippen molar-refractivity contribution in [2.75, 3.05) is 11.9 Å². The number of carbonyl (C=O) groups is 4. The van der Waals surface area contributed by atoms with Crippen molar-refractivity contribution >= 4 is 40.2 Å². The van der Waals surface area contributed by atoms with Crippen molar-refractivity contribution in [3.05, 3.63) is 113 Å². The normalized spacial score (nSPS) is 22.1. The van der Waals surface area contributed by atoms with Crippen molar-refractivity contribution in [1.82, 2.24) is 4.90 Å². The van der Waals surface area contributed by atoms with E-state index < -0.39 is 36.4 Å². The molecule has 7 nitrogen and oxygen atoms in total. The molecule has 1 fully saturated rings. The summed E-state index contributed by atoms with van der Waals surface area (Å²) >= 11 is 0. The van der Waals surface area contributed by atoms with Crippen LogP contribution in [0.2, 0.25) is 0 Å². The van der Waals surface area contributed by atoms with Gasteiger partial charge in [0.05, 0.1) is 11.8 Å². The van der Waals surface area contributed by atoms with Gasteiger partial charge in [0.15, 0.2) is 6.61 Å². The van der Waals surface area contributed by atoms with Crippen LogP contribution in [0.1, 0.15) is 60.3 Å². The summed E-state index contributed by atoms with van der Waals surface area (Å²) in [7, 11) is 0. The first-order valence-corrected chi connectivity index (χ1v) is 15.0. The van der Waals surface area contributed by atoms with Gasteiger partial charge in [-0.2, -0.15) is 0 Å². The molecular formula is C36H32N2O5. The number of ether oxygens (including phenoxy) is 1. The van der Waals surface area contributed by atoms with Gasteiger partial charge < -0.3 is 10.1 Å². The van der Waals surface area contributed by atoms with Crippen LogP contribution in [0.4, 0.5) is 5.69 Å². The molecule has 2 bridgehead atoms. The average molecular weight is 573 g/mol. The molecule has 7 heteroatoms. The summed E-state index contributed by atoms with van der Waals surface area (Å²) in [6.45, 7) is 1.47. The molecule has 0 aromatic heterocycles. The Balaban J connectivity index is 1.14. The molecule has 0 radical (unpaired) electrons. The number of likely N-dealkylation sites (tertiary alicyclic amines) is 1. The molecule has 4 aliphatic rings. The van der Waals surface area contributed by atoms with Crippen LogP contribution in [0.15, 0.2) is 91.0 Å². The van der Waals surface area contributed by atoms with E-state index in [2.05, 4.69) is 29.6 Å². The number of nitrogens with zero attached hydrogens (tertiary/aromatic N) is 1. The second kappa shape index (κ2) is 10.8. The summed E-state index contributed by atoms with van der Waals surface area (Å²) in [5.41, 5.74) is 4.92. The monoisotopic (exact) mass is 572 g/mol. The predicted molar refractivity (Wildman–Crippen MR) is 162 cm³/mol. The first-order chi connectivity index (χ1) is 21.0. The number of fused-ring (bicyclic) bond motifs is 1. The molecule has 1 N–H and O–H groups in total. The number of carbonyl (C=O) groups excluding carboxylic acids is 4. The van der Waals surface area contributed by atoms with Gasteiger partial charge in [-0.1, -0.05) is 105 Å². The Morgan fingerprint density at radius 3 is 1.88 bits per heavy atom. The van der Waals surface area contributed by atoms with Crippen molar-refractivity contribution in [3.8, 4) is 0 Å². The zero-order chi connectivity index (χ0) is 29.7. The van der Waals surface area contributed by atoms with Gasteiger partial charge in [-0.15, -0.1) is 0 Å². The van der Waals surface area contributed by atoms with Crippen LogP contribution in [-0.2, 0) is 23.9 Å². The molecule has 3 amide bonds. The molecule has 3 atom stereocenters. The maximum absolute atomic E-state index is 14.2. The van der Waals surface area contributed by atoms with E-state index in [0.717, 1.165) is 39.4 Å². The quantitative estimate of drug-likeness (QED) is 0.214. The van der Waals surface area contributed by atoms with Gasteiger partial charge in [-0.3, -0.25) is 19.3 Å². The highest BCUT2D eigenvalue weighted by molar-refractivity contribution is 6.10. The summed E-state index contributed by atoms with van der Waals surface area (Å²) < 4.78 is 5.51. The Morgan fingerprint density at radius 1 is 0.767 bits per heavy atom. The highest BCUT2D eigenvalue weighted by atomic mass is 16.5. The summed E-state index contributed by atoms with van der Waals surface area (Å²) in [5.74, 6) is -3.53. The fraction of sp³-hybridized carbons (Fsp3) is 0.278. The summed E-state index contributed by atoms with van der Waals surface area (Å²) in [5, 5.41) is 4.67. The molecule has 43 heavy (non-hydrogen) atoms.